The Labute approximate surface area is 71.6 Å². The van der Waals surface area contributed by atoms with Gasteiger partial charge in [-0.1, -0.05) is 11.6 Å². The molecule has 0 bridgehead atoms. The van der Waals surface area contributed by atoms with E-state index in [4.69, 9.17) is 11.6 Å². The van der Waals surface area contributed by atoms with Gasteiger partial charge in [0, 0.05) is 18.4 Å². The molecular weight excluding hydrogens is 160 g/mol. The smallest absolute Gasteiger partial charge is 0.0636 e. The molecule has 0 fully saturated rings. The number of nitrogens with one attached hydrogen (secondary N) is 1. The van der Waals surface area contributed by atoms with Crippen molar-refractivity contribution in [1.82, 2.24) is 10.3 Å². The van der Waals surface area contributed by atoms with Crippen molar-refractivity contribution in [2.24, 2.45) is 0 Å². The Morgan fingerprint density at radius 2 is 2.36 bits per heavy atom. The number of halogens is 1. The van der Waals surface area contributed by atoms with Crippen LogP contribution in [0.1, 0.15) is 18.5 Å². The van der Waals surface area contributed by atoms with Crippen LogP contribution in [-0.2, 0) is 0 Å². The number of nitrogens with zero attached hydrogens (tertiary/aromatic N) is 1. The fourth-order valence-corrected chi connectivity index (χ4v) is 1.18. The number of hydrogen-bond donors (Lipinski definition) is 1. The molecule has 1 aromatic rings. The van der Waals surface area contributed by atoms with Gasteiger partial charge in [-0.25, -0.2) is 0 Å². The van der Waals surface area contributed by atoms with Crippen LogP contribution in [0.2, 0.25) is 5.02 Å². The summed E-state index contributed by atoms with van der Waals surface area (Å²) in [4.78, 5) is 3.90. The van der Waals surface area contributed by atoms with Crippen LogP contribution in [0.4, 0.5) is 0 Å². The fourth-order valence-electron chi connectivity index (χ4n) is 0.893. The minimum atomic E-state index is 0.283. The summed E-state index contributed by atoms with van der Waals surface area (Å²) in [6.07, 6.45) is 3.40. The Kier molecular flexibility index (Phi) is 2.85. The van der Waals surface area contributed by atoms with Gasteiger partial charge in [-0.2, -0.15) is 0 Å². The molecule has 0 saturated carbocycles. The first-order chi connectivity index (χ1) is 5.25. The highest BCUT2D eigenvalue weighted by molar-refractivity contribution is 6.31. The van der Waals surface area contributed by atoms with Crippen molar-refractivity contribution in [3.8, 4) is 0 Å². The zero-order valence-electron chi connectivity index (χ0n) is 6.63. The van der Waals surface area contributed by atoms with E-state index in [9.17, 15) is 0 Å². The molecule has 0 spiro atoms. The van der Waals surface area contributed by atoms with E-state index in [2.05, 4.69) is 17.2 Å². The maximum Gasteiger partial charge on any atom is 0.0636 e. The molecule has 1 rings (SSSR count). The highest BCUT2D eigenvalue weighted by Crippen LogP contribution is 2.20. The van der Waals surface area contributed by atoms with Crippen LogP contribution in [0.3, 0.4) is 0 Å². The van der Waals surface area contributed by atoms with Crippen molar-refractivity contribution in [2.45, 2.75) is 13.0 Å². The predicted molar refractivity (Wildman–Crippen MR) is 46.7 cm³/mol. The predicted octanol–water partition coefficient (Wildman–Crippen LogP) is 2.02. The molecule has 1 aromatic heterocycles. The first-order valence-electron chi connectivity index (χ1n) is 3.52. The Hall–Kier alpha value is -0.600. The summed E-state index contributed by atoms with van der Waals surface area (Å²) in [7, 11) is 1.90. The second-order valence-electron chi connectivity index (χ2n) is 2.41. The van der Waals surface area contributed by atoms with Gasteiger partial charge >= 0.3 is 0 Å². The SMILES string of the molecule is CN[C@H](C)c1ccncc1Cl. The summed E-state index contributed by atoms with van der Waals surface area (Å²) < 4.78 is 0. The van der Waals surface area contributed by atoms with E-state index in [1.807, 2.05) is 13.1 Å². The molecule has 60 valence electrons. The molecule has 0 aromatic carbocycles. The van der Waals surface area contributed by atoms with Crippen molar-refractivity contribution in [2.75, 3.05) is 7.05 Å². The normalized spacial score (nSPS) is 13.0. The number of pyridine rings is 1. The van der Waals surface area contributed by atoms with Crippen LogP contribution >= 0.6 is 11.6 Å². The van der Waals surface area contributed by atoms with Crippen LogP contribution in [0.5, 0.6) is 0 Å². The second kappa shape index (κ2) is 3.69. The summed E-state index contributed by atoms with van der Waals surface area (Å²) >= 11 is 5.90. The van der Waals surface area contributed by atoms with Crippen LogP contribution in [-0.4, -0.2) is 12.0 Å². The van der Waals surface area contributed by atoms with E-state index in [0.29, 0.717) is 5.02 Å². The zero-order valence-corrected chi connectivity index (χ0v) is 7.39. The van der Waals surface area contributed by atoms with Gasteiger partial charge in [0.25, 0.3) is 0 Å². The number of rotatable bonds is 2. The molecule has 3 heteroatoms. The minimum absolute atomic E-state index is 0.283. The van der Waals surface area contributed by atoms with Crippen LogP contribution in [0.15, 0.2) is 18.5 Å². The van der Waals surface area contributed by atoms with E-state index in [0.717, 1.165) is 5.56 Å². The molecule has 0 unspecified atom stereocenters. The Balaban J connectivity index is 2.93. The van der Waals surface area contributed by atoms with E-state index in [1.54, 1.807) is 12.4 Å². The van der Waals surface area contributed by atoms with Crippen molar-refractivity contribution < 1.29 is 0 Å². The van der Waals surface area contributed by atoms with Crippen LogP contribution in [0.25, 0.3) is 0 Å². The molecular formula is C8H11ClN2. The maximum atomic E-state index is 5.90. The van der Waals surface area contributed by atoms with Gasteiger partial charge < -0.3 is 5.32 Å². The molecule has 0 aliphatic heterocycles. The lowest BCUT2D eigenvalue weighted by atomic mass is 10.1. The third-order valence-electron chi connectivity index (χ3n) is 1.70. The molecule has 0 amide bonds. The first-order valence-corrected chi connectivity index (χ1v) is 3.90. The summed E-state index contributed by atoms with van der Waals surface area (Å²) in [5.41, 5.74) is 1.09. The Bertz CT molecular complexity index is 237. The largest absolute Gasteiger partial charge is 0.313 e. The van der Waals surface area contributed by atoms with E-state index in [-0.39, 0.29) is 6.04 Å². The molecule has 1 heterocycles. The number of hydrogen-bond acceptors (Lipinski definition) is 2. The molecule has 0 aliphatic rings. The van der Waals surface area contributed by atoms with E-state index >= 15 is 0 Å². The van der Waals surface area contributed by atoms with Crippen molar-refractivity contribution in [3.63, 3.8) is 0 Å². The van der Waals surface area contributed by atoms with Crippen LogP contribution in [0, 0.1) is 0 Å². The standard InChI is InChI=1S/C8H11ClN2/c1-6(10-2)7-3-4-11-5-8(7)9/h3-6,10H,1-2H3/t6-/m1/s1. The van der Waals surface area contributed by atoms with Gasteiger partial charge in [-0.15, -0.1) is 0 Å². The van der Waals surface area contributed by atoms with Crippen molar-refractivity contribution in [1.29, 1.82) is 0 Å². The summed E-state index contributed by atoms with van der Waals surface area (Å²) in [5, 5.41) is 3.83. The molecule has 1 N–H and O–H groups in total. The van der Waals surface area contributed by atoms with E-state index < -0.39 is 0 Å². The summed E-state index contributed by atoms with van der Waals surface area (Å²) in [5.74, 6) is 0. The van der Waals surface area contributed by atoms with Crippen molar-refractivity contribution >= 4 is 11.6 Å². The lowest BCUT2D eigenvalue weighted by Crippen LogP contribution is -2.12. The van der Waals surface area contributed by atoms with Gasteiger partial charge in [0.2, 0.25) is 0 Å². The highest BCUT2D eigenvalue weighted by atomic mass is 35.5. The van der Waals surface area contributed by atoms with Gasteiger partial charge in [-0.3, -0.25) is 4.98 Å². The molecule has 2 nitrogen and oxygen atoms in total. The lowest BCUT2D eigenvalue weighted by molar-refractivity contribution is 0.651. The summed E-state index contributed by atoms with van der Waals surface area (Å²) in [6, 6.07) is 2.20. The maximum absolute atomic E-state index is 5.90. The van der Waals surface area contributed by atoms with E-state index in [1.165, 1.54) is 0 Å². The second-order valence-corrected chi connectivity index (χ2v) is 2.81. The summed E-state index contributed by atoms with van der Waals surface area (Å²) in [6.45, 7) is 2.06. The fraction of sp³-hybridized carbons (Fsp3) is 0.375. The topological polar surface area (TPSA) is 24.9 Å². The minimum Gasteiger partial charge on any atom is -0.313 e. The zero-order chi connectivity index (χ0) is 8.27. The molecule has 0 saturated heterocycles. The first kappa shape index (κ1) is 8.50. The Morgan fingerprint density at radius 1 is 1.64 bits per heavy atom. The molecule has 0 radical (unpaired) electrons. The van der Waals surface area contributed by atoms with Gasteiger partial charge in [0.15, 0.2) is 0 Å². The third kappa shape index (κ3) is 1.91. The molecule has 11 heavy (non-hydrogen) atoms. The number of aromatic nitrogens is 1. The third-order valence-corrected chi connectivity index (χ3v) is 2.02. The molecule has 1 atom stereocenters. The van der Waals surface area contributed by atoms with Crippen molar-refractivity contribution in [3.05, 3.63) is 29.0 Å². The van der Waals surface area contributed by atoms with Gasteiger partial charge in [0.1, 0.15) is 0 Å². The van der Waals surface area contributed by atoms with Crippen LogP contribution < -0.4 is 5.32 Å². The quantitative estimate of drug-likeness (QED) is 0.735. The highest BCUT2D eigenvalue weighted by Gasteiger charge is 2.05. The molecule has 0 aliphatic carbocycles. The monoisotopic (exact) mass is 170 g/mol. The van der Waals surface area contributed by atoms with Gasteiger partial charge in [-0.05, 0) is 25.6 Å². The Morgan fingerprint density at radius 3 is 2.91 bits per heavy atom. The average Bonchev–Trinajstić information content (AvgIpc) is 2.04. The van der Waals surface area contributed by atoms with Gasteiger partial charge in [0.05, 0.1) is 5.02 Å². The lowest BCUT2D eigenvalue weighted by Gasteiger charge is -2.10. The average molecular weight is 171 g/mol.